The normalized spacial score (nSPS) is 20.7. The van der Waals surface area contributed by atoms with Crippen molar-refractivity contribution in [1.29, 1.82) is 0 Å². The lowest BCUT2D eigenvalue weighted by molar-refractivity contribution is 0.192. The van der Waals surface area contributed by atoms with Crippen molar-refractivity contribution in [3.8, 4) is 5.75 Å². The quantitative estimate of drug-likeness (QED) is 0.851. The highest BCUT2D eigenvalue weighted by molar-refractivity contribution is 5.35. The van der Waals surface area contributed by atoms with E-state index in [9.17, 15) is 4.79 Å². The van der Waals surface area contributed by atoms with E-state index >= 15 is 0 Å². The van der Waals surface area contributed by atoms with E-state index < -0.39 is 0 Å². The highest BCUT2D eigenvalue weighted by Crippen LogP contribution is 2.38. The molecule has 2 aliphatic rings. The molecule has 0 bridgehead atoms. The standard InChI is InChI=1S/C19H24N4O3/c1-25-17-12-26-15(9-16(17)24)11-23-8-2-3-14(10-23)21-18-6-7-20-19(22-18)13-4-5-13/h6-7,9,12-14H,2-5,8,10-11H2,1H3,(H,20,21,22). The van der Waals surface area contributed by atoms with Crippen molar-refractivity contribution in [2.75, 3.05) is 25.5 Å². The number of rotatable bonds is 6. The van der Waals surface area contributed by atoms with Crippen LogP contribution in [0.1, 0.15) is 43.2 Å². The molecule has 26 heavy (non-hydrogen) atoms. The third-order valence-corrected chi connectivity index (χ3v) is 4.93. The van der Waals surface area contributed by atoms with Gasteiger partial charge in [-0.05, 0) is 38.3 Å². The van der Waals surface area contributed by atoms with Gasteiger partial charge in [0.2, 0.25) is 11.2 Å². The zero-order chi connectivity index (χ0) is 17.9. The number of aromatic nitrogens is 2. The average molecular weight is 356 g/mol. The molecule has 7 nitrogen and oxygen atoms in total. The molecule has 2 aromatic rings. The first-order valence-electron chi connectivity index (χ1n) is 9.19. The van der Waals surface area contributed by atoms with Gasteiger partial charge in [0.1, 0.15) is 23.7 Å². The Balaban J connectivity index is 1.37. The molecule has 0 aromatic carbocycles. The van der Waals surface area contributed by atoms with E-state index in [1.54, 1.807) is 0 Å². The SMILES string of the molecule is COc1coc(CN2CCCC(Nc3ccnc(C4CC4)n3)C2)cc1=O. The first kappa shape index (κ1) is 17.0. The largest absolute Gasteiger partial charge is 0.490 e. The zero-order valence-corrected chi connectivity index (χ0v) is 15.0. The van der Waals surface area contributed by atoms with Crippen LogP contribution in [0.15, 0.2) is 33.8 Å². The molecule has 0 amide bonds. The molecule has 2 fully saturated rings. The molecule has 3 heterocycles. The number of nitrogens with one attached hydrogen (secondary N) is 1. The van der Waals surface area contributed by atoms with E-state index in [1.807, 2.05) is 12.3 Å². The van der Waals surface area contributed by atoms with Crippen LogP contribution in [0.5, 0.6) is 5.75 Å². The summed E-state index contributed by atoms with van der Waals surface area (Å²) < 4.78 is 10.5. The molecule has 1 atom stereocenters. The summed E-state index contributed by atoms with van der Waals surface area (Å²) in [6.45, 7) is 2.50. The minimum atomic E-state index is -0.144. The van der Waals surface area contributed by atoms with Crippen molar-refractivity contribution >= 4 is 5.82 Å². The predicted octanol–water partition coefficient (Wildman–Crippen LogP) is 2.39. The summed E-state index contributed by atoms with van der Waals surface area (Å²) in [6, 6.07) is 3.78. The van der Waals surface area contributed by atoms with Crippen LogP contribution in [0.4, 0.5) is 5.82 Å². The predicted molar refractivity (Wildman–Crippen MR) is 97.5 cm³/mol. The number of hydrogen-bond donors (Lipinski definition) is 1. The molecule has 0 spiro atoms. The minimum Gasteiger partial charge on any atom is -0.490 e. The summed E-state index contributed by atoms with van der Waals surface area (Å²) in [5.41, 5.74) is -0.144. The van der Waals surface area contributed by atoms with Crippen LogP contribution in [0.25, 0.3) is 0 Å². The van der Waals surface area contributed by atoms with Gasteiger partial charge in [-0.15, -0.1) is 0 Å². The van der Waals surface area contributed by atoms with Crippen molar-refractivity contribution in [1.82, 2.24) is 14.9 Å². The van der Waals surface area contributed by atoms with Crippen molar-refractivity contribution in [2.24, 2.45) is 0 Å². The second-order valence-electron chi connectivity index (χ2n) is 7.07. The number of anilines is 1. The number of ether oxygens (including phenoxy) is 1. The Morgan fingerprint density at radius 2 is 2.27 bits per heavy atom. The van der Waals surface area contributed by atoms with Crippen LogP contribution >= 0.6 is 0 Å². The maximum absolute atomic E-state index is 11.9. The summed E-state index contributed by atoms with van der Waals surface area (Å²) in [6.07, 6.45) is 7.83. The van der Waals surface area contributed by atoms with Crippen molar-refractivity contribution < 1.29 is 9.15 Å². The van der Waals surface area contributed by atoms with E-state index in [0.29, 0.717) is 24.3 Å². The van der Waals surface area contributed by atoms with Crippen LogP contribution in [0, 0.1) is 0 Å². The number of likely N-dealkylation sites (tertiary alicyclic amines) is 1. The molecule has 4 rings (SSSR count). The zero-order valence-electron chi connectivity index (χ0n) is 15.0. The van der Waals surface area contributed by atoms with Crippen molar-refractivity contribution in [3.63, 3.8) is 0 Å². The second kappa shape index (κ2) is 7.45. The number of hydrogen-bond acceptors (Lipinski definition) is 7. The summed E-state index contributed by atoms with van der Waals surface area (Å²) >= 11 is 0. The highest BCUT2D eigenvalue weighted by atomic mass is 16.5. The Morgan fingerprint density at radius 1 is 1.38 bits per heavy atom. The van der Waals surface area contributed by atoms with Gasteiger partial charge in [0.25, 0.3) is 0 Å². The molecular formula is C19H24N4O3. The summed E-state index contributed by atoms with van der Waals surface area (Å²) in [5.74, 6) is 3.32. The lowest BCUT2D eigenvalue weighted by atomic mass is 10.1. The minimum absolute atomic E-state index is 0.144. The van der Waals surface area contributed by atoms with Crippen LogP contribution < -0.4 is 15.5 Å². The van der Waals surface area contributed by atoms with Crippen LogP contribution in [-0.4, -0.2) is 41.1 Å². The Hall–Kier alpha value is -2.41. The number of methoxy groups -OCH3 is 1. The van der Waals surface area contributed by atoms with Gasteiger partial charge >= 0.3 is 0 Å². The van der Waals surface area contributed by atoms with E-state index in [2.05, 4.69) is 20.2 Å². The molecule has 1 aliphatic heterocycles. The molecule has 1 saturated heterocycles. The van der Waals surface area contributed by atoms with Crippen LogP contribution in [0.2, 0.25) is 0 Å². The topological polar surface area (TPSA) is 80.5 Å². The van der Waals surface area contributed by atoms with Gasteiger partial charge in [-0.2, -0.15) is 0 Å². The van der Waals surface area contributed by atoms with E-state index in [0.717, 1.165) is 37.6 Å². The molecule has 1 saturated carbocycles. The summed E-state index contributed by atoms with van der Waals surface area (Å²) in [4.78, 5) is 23.2. The fourth-order valence-electron chi connectivity index (χ4n) is 3.41. The average Bonchev–Trinajstić information content (AvgIpc) is 3.48. The lowest BCUT2D eigenvalue weighted by Crippen LogP contribution is -2.41. The van der Waals surface area contributed by atoms with Gasteiger partial charge in [0, 0.05) is 30.8 Å². The first-order chi connectivity index (χ1) is 12.7. The second-order valence-corrected chi connectivity index (χ2v) is 7.07. The molecule has 1 N–H and O–H groups in total. The molecule has 1 unspecified atom stereocenters. The Morgan fingerprint density at radius 3 is 3.04 bits per heavy atom. The molecule has 2 aromatic heterocycles. The van der Waals surface area contributed by atoms with Gasteiger partial charge in [-0.25, -0.2) is 9.97 Å². The smallest absolute Gasteiger partial charge is 0.227 e. The fourth-order valence-corrected chi connectivity index (χ4v) is 3.41. The van der Waals surface area contributed by atoms with E-state index in [1.165, 1.54) is 32.3 Å². The number of piperidine rings is 1. The maximum Gasteiger partial charge on any atom is 0.227 e. The highest BCUT2D eigenvalue weighted by Gasteiger charge is 2.27. The van der Waals surface area contributed by atoms with Gasteiger partial charge in [-0.1, -0.05) is 0 Å². The van der Waals surface area contributed by atoms with E-state index in [4.69, 9.17) is 9.15 Å². The van der Waals surface area contributed by atoms with Crippen molar-refractivity contribution in [2.45, 2.75) is 44.2 Å². The van der Waals surface area contributed by atoms with E-state index in [-0.39, 0.29) is 11.2 Å². The third kappa shape index (κ3) is 4.04. The Labute approximate surface area is 152 Å². The summed E-state index contributed by atoms with van der Waals surface area (Å²) in [5, 5.41) is 3.54. The lowest BCUT2D eigenvalue weighted by Gasteiger charge is -2.33. The summed E-state index contributed by atoms with van der Waals surface area (Å²) in [7, 11) is 1.47. The maximum atomic E-state index is 11.9. The molecular weight excluding hydrogens is 332 g/mol. The van der Waals surface area contributed by atoms with Gasteiger partial charge in [0.15, 0.2) is 0 Å². The Kier molecular flexibility index (Phi) is 4.88. The fraction of sp³-hybridized carbons (Fsp3) is 0.526. The van der Waals surface area contributed by atoms with Gasteiger partial charge in [-0.3, -0.25) is 9.69 Å². The molecule has 138 valence electrons. The first-order valence-corrected chi connectivity index (χ1v) is 9.19. The third-order valence-electron chi connectivity index (χ3n) is 4.93. The number of nitrogens with zero attached hydrogens (tertiary/aromatic N) is 3. The molecule has 0 radical (unpaired) electrons. The van der Waals surface area contributed by atoms with Gasteiger partial charge < -0.3 is 14.5 Å². The van der Waals surface area contributed by atoms with Crippen molar-refractivity contribution in [3.05, 3.63) is 46.4 Å². The van der Waals surface area contributed by atoms with Gasteiger partial charge in [0.05, 0.1) is 13.7 Å². The molecule has 7 heteroatoms. The monoisotopic (exact) mass is 356 g/mol. The molecule has 1 aliphatic carbocycles. The van der Waals surface area contributed by atoms with Crippen LogP contribution in [-0.2, 0) is 6.54 Å². The van der Waals surface area contributed by atoms with Crippen LogP contribution in [0.3, 0.4) is 0 Å². The Bertz CT molecular complexity index is 818.